The van der Waals surface area contributed by atoms with Gasteiger partial charge in [-0.15, -0.1) is 0 Å². The molecule has 0 saturated carbocycles. The molecule has 0 spiro atoms. The van der Waals surface area contributed by atoms with Crippen molar-refractivity contribution < 1.29 is 0 Å². The molecule has 2 aromatic carbocycles. The molecule has 21 heavy (non-hydrogen) atoms. The first-order valence-electron chi connectivity index (χ1n) is 6.98. The summed E-state index contributed by atoms with van der Waals surface area (Å²) < 4.78 is 1.08. The minimum absolute atomic E-state index is 0.212. The van der Waals surface area contributed by atoms with E-state index in [0.717, 1.165) is 16.6 Å². The zero-order chi connectivity index (χ0) is 15.2. The fourth-order valence-corrected chi connectivity index (χ4v) is 2.60. The van der Waals surface area contributed by atoms with Crippen LogP contribution in [-0.2, 0) is 0 Å². The van der Waals surface area contributed by atoms with E-state index in [1.165, 1.54) is 11.1 Å². The molecule has 0 aliphatic carbocycles. The van der Waals surface area contributed by atoms with Gasteiger partial charge in [0.2, 0.25) is 0 Å². The highest BCUT2D eigenvalue weighted by Crippen LogP contribution is 2.19. The summed E-state index contributed by atoms with van der Waals surface area (Å²) in [7, 11) is 0. The maximum Gasteiger partial charge on any atom is 0.171 e. The third-order valence-electron chi connectivity index (χ3n) is 3.30. The van der Waals surface area contributed by atoms with Gasteiger partial charge < -0.3 is 10.6 Å². The highest BCUT2D eigenvalue weighted by molar-refractivity contribution is 9.10. The van der Waals surface area contributed by atoms with Crippen molar-refractivity contribution in [3.63, 3.8) is 0 Å². The van der Waals surface area contributed by atoms with Crippen LogP contribution >= 0.6 is 28.1 Å². The SMILES string of the molecule is CC[C@@H](NC(=S)Nc1ccc(C)cc1)c1ccc(Br)cc1. The van der Waals surface area contributed by atoms with Gasteiger partial charge in [-0.05, 0) is 55.4 Å². The number of nitrogens with one attached hydrogen (secondary N) is 2. The van der Waals surface area contributed by atoms with E-state index < -0.39 is 0 Å². The quantitative estimate of drug-likeness (QED) is 0.731. The van der Waals surface area contributed by atoms with E-state index in [1.807, 2.05) is 12.1 Å². The molecule has 110 valence electrons. The first-order chi connectivity index (χ1) is 10.1. The van der Waals surface area contributed by atoms with Crippen molar-refractivity contribution in [1.29, 1.82) is 0 Å². The first kappa shape index (κ1) is 16.0. The van der Waals surface area contributed by atoms with E-state index >= 15 is 0 Å². The van der Waals surface area contributed by atoms with Crippen LogP contribution in [0.25, 0.3) is 0 Å². The summed E-state index contributed by atoms with van der Waals surface area (Å²) in [4.78, 5) is 0. The molecule has 0 aromatic heterocycles. The Kier molecular flexibility index (Phi) is 5.76. The van der Waals surface area contributed by atoms with Crippen LogP contribution in [0.5, 0.6) is 0 Å². The number of hydrogen-bond donors (Lipinski definition) is 2. The normalized spacial score (nSPS) is 11.8. The molecule has 0 aliphatic rings. The maximum atomic E-state index is 5.41. The van der Waals surface area contributed by atoms with Gasteiger partial charge in [-0.2, -0.15) is 0 Å². The molecule has 4 heteroatoms. The molecule has 0 heterocycles. The van der Waals surface area contributed by atoms with Crippen LogP contribution in [0.3, 0.4) is 0 Å². The molecule has 1 atom stereocenters. The molecular weight excluding hydrogens is 344 g/mol. The van der Waals surface area contributed by atoms with Gasteiger partial charge in [0.1, 0.15) is 0 Å². The number of rotatable bonds is 4. The Morgan fingerprint density at radius 2 is 1.71 bits per heavy atom. The van der Waals surface area contributed by atoms with Crippen LogP contribution in [0.4, 0.5) is 5.69 Å². The van der Waals surface area contributed by atoms with Crippen LogP contribution < -0.4 is 10.6 Å². The minimum Gasteiger partial charge on any atom is -0.356 e. The van der Waals surface area contributed by atoms with Gasteiger partial charge >= 0.3 is 0 Å². The third-order valence-corrected chi connectivity index (χ3v) is 4.04. The van der Waals surface area contributed by atoms with Gasteiger partial charge in [0.25, 0.3) is 0 Å². The van der Waals surface area contributed by atoms with Gasteiger partial charge in [-0.3, -0.25) is 0 Å². The number of halogens is 1. The van der Waals surface area contributed by atoms with E-state index in [2.05, 4.69) is 76.8 Å². The van der Waals surface area contributed by atoms with Crippen molar-refractivity contribution in [2.24, 2.45) is 0 Å². The molecule has 0 radical (unpaired) electrons. The highest BCUT2D eigenvalue weighted by Gasteiger charge is 2.10. The lowest BCUT2D eigenvalue weighted by molar-refractivity contribution is 0.629. The van der Waals surface area contributed by atoms with Crippen LogP contribution in [0, 0.1) is 6.92 Å². The Labute approximate surface area is 140 Å². The topological polar surface area (TPSA) is 24.1 Å². The van der Waals surface area contributed by atoms with Crippen molar-refractivity contribution in [2.45, 2.75) is 26.3 Å². The largest absolute Gasteiger partial charge is 0.356 e. The third kappa shape index (κ3) is 4.83. The second kappa shape index (κ2) is 7.57. The predicted octanol–water partition coefficient (Wildman–Crippen LogP) is 5.20. The van der Waals surface area contributed by atoms with E-state index in [9.17, 15) is 0 Å². The molecule has 2 N–H and O–H groups in total. The molecule has 0 saturated heterocycles. The summed E-state index contributed by atoms with van der Waals surface area (Å²) in [6.07, 6.45) is 0.970. The van der Waals surface area contributed by atoms with Crippen molar-refractivity contribution in [3.8, 4) is 0 Å². The van der Waals surface area contributed by atoms with Gasteiger partial charge in [0.05, 0.1) is 6.04 Å². The van der Waals surface area contributed by atoms with E-state index in [1.54, 1.807) is 0 Å². The predicted molar refractivity (Wildman–Crippen MR) is 97.7 cm³/mol. The van der Waals surface area contributed by atoms with Crippen molar-refractivity contribution in [1.82, 2.24) is 5.32 Å². The van der Waals surface area contributed by atoms with Crippen LogP contribution in [0.15, 0.2) is 53.0 Å². The second-order valence-corrected chi connectivity index (χ2v) is 6.30. The van der Waals surface area contributed by atoms with Crippen LogP contribution in [-0.4, -0.2) is 5.11 Å². The second-order valence-electron chi connectivity index (χ2n) is 4.98. The summed E-state index contributed by atoms with van der Waals surface area (Å²) in [6.45, 7) is 4.22. The number of thiocarbonyl (C=S) groups is 1. The molecule has 2 rings (SSSR count). The lowest BCUT2D eigenvalue weighted by Gasteiger charge is -2.20. The van der Waals surface area contributed by atoms with Crippen molar-refractivity contribution in [3.05, 3.63) is 64.1 Å². The van der Waals surface area contributed by atoms with E-state index in [4.69, 9.17) is 12.2 Å². The van der Waals surface area contributed by atoms with E-state index in [-0.39, 0.29) is 6.04 Å². The average Bonchev–Trinajstić information content (AvgIpc) is 2.48. The Morgan fingerprint density at radius 1 is 1.10 bits per heavy atom. The van der Waals surface area contributed by atoms with Crippen LogP contribution in [0.2, 0.25) is 0 Å². The monoisotopic (exact) mass is 362 g/mol. The highest BCUT2D eigenvalue weighted by atomic mass is 79.9. The Morgan fingerprint density at radius 3 is 2.29 bits per heavy atom. The van der Waals surface area contributed by atoms with Crippen molar-refractivity contribution in [2.75, 3.05) is 5.32 Å². The molecule has 2 aromatic rings. The Hall–Kier alpha value is -1.39. The lowest BCUT2D eigenvalue weighted by atomic mass is 10.1. The molecule has 0 aliphatic heterocycles. The molecule has 0 bridgehead atoms. The first-order valence-corrected chi connectivity index (χ1v) is 8.18. The number of aryl methyl sites for hydroxylation is 1. The number of anilines is 1. The van der Waals surface area contributed by atoms with Gasteiger partial charge in [0.15, 0.2) is 5.11 Å². The molecule has 0 amide bonds. The Balaban J connectivity index is 1.99. The van der Waals surface area contributed by atoms with Gasteiger partial charge in [-0.1, -0.05) is 52.7 Å². The molecular formula is C17H19BrN2S. The average molecular weight is 363 g/mol. The smallest absolute Gasteiger partial charge is 0.171 e. The lowest BCUT2D eigenvalue weighted by Crippen LogP contribution is -2.32. The molecule has 0 fully saturated rings. The van der Waals surface area contributed by atoms with E-state index in [0.29, 0.717) is 5.11 Å². The maximum absolute atomic E-state index is 5.41. The van der Waals surface area contributed by atoms with Crippen molar-refractivity contribution >= 4 is 38.9 Å². The summed E-state index contributed by atoms with van der Waals surface area (Å²) in [6, 6.07) is 16.7. The summed E-state index contributed by atoms with van der Waals surface area (Å²) in [5.41, 5.74) is 3.47. The standard InChI is InChI=1S/C17H19BrN2S/c1-3-16(13-6-8-14(18)9-7-13)20-17(21)19-15-10-4-12(2)5-11-15/h4-11,16H,3H2,1-2H3,(H2,19,20,21)/t16-/m1/s1. The summed E-state index contributed by atoms with van der Waals surface area (Å²) in [5, 5.41) is 7.24. The number of hydrogen-bond acceptors (Lipinski definition) is 1. The van der Waals surface area contributed by atoms with Crippen LogP contribution in [0.1, 0.15) is 30.5 Å². The zero-order valence-electron chi connectivity index (χ0n) is 12.2. The zero-order valence-corrected chi connectivity index (χ0v) is 14.6. The summed E-state index contributed by atoms with van der Waals surface area (Å²) >= 11 is 8.86. The van der Waals surface area contributed by atoms with Gasteiger partial charge in [0, 0.05) is 10.2 Å². The summed E-state index contributed by atoms with van der Waals surface area (Å²) in [5.74, 6) is 0. The minimum atomic E-state index is 0.212. The molecule has 2 nitrogen and oxygen atoms in total. The molecule has 0 unspecified atom stereocenters. The van der Waals surface area contributed by atoms with Gasteiger partial charge in [-0.25, -0.2) is 0 Å². The fraction of sp³-hybridized carbons (Fsp3) is 0.235. The Bertz CT molecular complexity index is 593. The fourth-order valence-electron chi connectivity index (χ4n) is 2.08. The number of benzene rings is 2.